The third-order valence-electron chi connectivity index (χ3n) is 6.34. The lowest BCUT2D eigenvalue weighted by molar-refractivity contribution is -0.224. The normalized spacial score (nSPS) is 12.4. The van der Waals surface area contributed by atoms with Crippen LogP contribution in [0.5, 0.6) is 0 Å². The van der Waals surface area contributed by atoms with E-state index in [1.807, 2.05) is 0 Å². The standard InChI is InChI=1S/C29H30Cl2F3N9O6/c1-28(2,3)49-26(46)37-13-5-7-21(44)48-19(29(32,33)34)14-41-23(16-8-10-17(30)11-9-16)40-42(27(41)47)15-20-38-25(22(35)45)43(39-20)24-18(31)6-4-12-36-24/h4,6,8-12,19H,5,7,13-15H2,1-3H3,(H2,35,45)(H,37,46)/t19-/m0/s1. The van der Waals surface area contributed by atoms with Crippen LogP contribution in [-0.4, -0.2) is 76.5 Å². The maximum Gasteiger partial charge on any atom is 0.427 e. The van der Waals surface area contributed by atoms with Gasteiger partial charge in [-0.05, 0) is 63.6 Å². The zero-order valence-electron chi connectivity index (χ0n) is 26.2. The van der Waals surface area contributed by atoms with Crippen LogP contribution in [-0.2, 0) is 27.4 Å². The maximum atomic E-state index is 14.2. The number of carbonyl (C=O) groups excluding carboxylic acids is 3. The first kappa shape index (κ1) is 36.9. The minimum Gasteiger partial charge on any atom is -0.451 e. The van der Waals surface area contributed by atoms with E-state index in [1.165, 1.54) is 42.6 Å². The predicted octanol–water partition coefficient (Wildman–Crippen LogP) is 3.92. The molecule has 0 saturated heterocycles. The molecule has 262 valence electrons. The van der Waals surface area contributed by atoms with Gasteiger partial charge >= 0.3 is 23.9 Å². The van der Waals surface area contributed by atoms with Gasteiger partial charge in [0.15, 0.2) is 17.5 Å². The number of alkyl halides is 3. The topological polar surface area (TPSA) is 191 Å². The number of hydrogen-bond acceptors (Lipinski definition) is 10. The van der Waals surface area contributed by atoms with Crippen LogP contribution in [0.15, 0.2) is 47.4 Å². The molecule has 3 aromatic heterocycles. The molecule has 4 rings (SSSR count). The second-order valence-corrected chi connectivity index (χ2v) is 12.2. The summed E-state index contributed by atoms with van der Waals surface area (Å²) in [5, 5.41) is 11.2. The fourth-order valence-corrected chi connectivity index (χ4v) is 4.57. The van der Waals surface area contributed by atoms with Crippen LogP contribution in [0.25, 0.3) is 17.2 Å². The lowest BCUT2D eigenvalue weighted by Gasteiger charge is -2.21. The average Bonchev–Trinajstić information content (AvgIpc) is 3.55. The minimum absolute atomic E-state index is 0.00639. The van der Waals surface area contributed by atoms with Gasteiger partial charge in [-0.1, -0.05) is 23.2 Å². The highest BCUT2D eigenvalue weighted by Gasteiger charge is 2.44. The molecule has 0 radical (unpaired) electrons. The number of rotatable bonds is 12. The second kappa shape index (κ2) is 15.1. The Hall–Kier alpha value is -4.97. The van der Waals surface area contributed by atoms with Crippen LogP contribution in [0.1, 0.15) is 50.1 Å². The number of ether oxygens (including phenoxy) is 2. The van der Waals surface area contributed by atoms with Crippen molar-refractivity contribution in [2.24, 2.45) is 5.73 Å². The van der Waals surface area contributed by atoms with Crippen molar-refractivity contribution in [1.29, 1.82) is 0 Å². The number of nitrogens with zero attached hydrogens (tertiary/aromatic N) is 7. The third-order valence-corrected chi connectivity index (χ3v) is 6.89. The van der Waals surface area contributed by atoms with Crippen LogP contribution in [0, 0.1) is 0 Å². The highest BCUT2D eigenvalue weighted by atomic mass is 35.5. The van der Waals surface area contributed by atoms with Crippen molar-refractivity contribution in [2.75, 3.05) is 6.54 Å². The van der Waals surface area contributed by atoms with Crippen molar-refractivity contribution < 1.29 is 37.0 Å². The molecule has 0 saturated carbocycles. The first-order valence-electron chi connectivity index (χ1n) is 14.5. The molecule has 0 aliphatic heterocycles. The summed E-state index contributed by atoms with van der Waals surface area (Å²) in [6.07, 6.45) is -7.76. The van der Waals surface area contributed by atoms with Crippen molar-refractivity contribution in [3.05, 3.63) is 74.8 Å². The largest absolute Gasteiger partial charge is 0.451 e. The van der Waals surface area contributed by atoms with E-state index in [-0.39, 0.29) is 46.8 Å². The number of nitrogens with one attached hydrogen (secondary N) is 1. The van der Waals surface area contributed by atoms with E-state index in [0.29, 0.717) is 9.59 Å². The molecule has 0 aliphatic carbocycles. The number of amides is 2. The summed E-state index contributed by atoms with van der Waals surface area (Å²) in [6, 6.07) is 8.75. The molecular formula is C29H30Cl2F3N9O6. The van der Waals surface area contributed by atoms with Gasteiger partial charge in [0.2, 0.25) is 11.9 Å². The second-order valence-electron chi connectivity index (χ2n) is 11.4. The van der Waals surface area contributed by atoms with E-state index >= 15 is 0 Å². The van der Waals surface area contributed by atoms with Crippen molar-refractivity contribution in [3.8, 4) is 17.2 Å². The van der Waals surface area contributed by atoms with Gasteiger partial charge in [0.25, 0.3) is 5.91 Å². The third kappa shape index (κ3) is 9.79. The lowest BCUT2D eigenvalue weighted by Crippen LogP contribution is -2.40. The highest BCUT2D eigenvalue weighted by molar-refractivity contribution is 6.32. The molecule has 0 spiro atoms. The molecule has 0 fully saturated rings. The Bertz CT molecular complexity index is 1890. The first-order chi connectivity index (χ1) is 22.9. The Balaban J connectivity index is 1.61. The van der Waals surface area contributed by atoms with Gasteiger partial charge in [0, 0.05) is 29.7 Å². The van der Waals surface area contributed by atoms with Gasteiger partial charge in [-0.25, -0.2) is 24.2 Å². The summed E-state index contributed by atoms with van der Waals surface area (Å²) in [5.74, 6) is -3.00. The Morgan fingerprint density at radius 2 is 1.76 bits per heavy atom. The van der Waals surface area contributed by atoms with E-state index in [1.54, 1.807) is 20.8 Å². The van der Waals surface area contributed by atoms with Gasteiger partial charge in [0.1, 0.15) is 12.1 Å². The SMILES string of the molecule is CC(C)(C)OC(=O)NCCCC(=O)O[C@@H](Cn1c(-c2ccc(Cl)cc2)nn(Cc2nc(C(N)=O)n(-c3ncccc3Cl)n2)c1=O)C(F)(F)F. The number of nitrogens with two attached hydrogens (primary N) is 1. The number of alkyl carbamates (subject to hydrolysis) is 1. The van der Waals surface area contributed by atoms with E-state index in [4.69, 9.17) is 38.4 Å². The van der Waals surface area contributed by atoms with E-state index in [9.17, 15) is 32.3 Å². The van der Waals surface area contributed by atoms with E-state index in [2.05, 4.69) is 25.5 Å². The zero-order valence-corrected chi connectivity index (χ0v) is 27.7. The number of esters is 1. The molecule has 1 atom stereocenters. The Kier molecular flexibility index (Phi) is 11.3. The molecule has 0 aliphatic rings. The fourth-order valence-electron chi connectivity index (χ4n) is 4.25. The molecule has 0 bridgehead atoms. The van der Waals surface area contributed by atoms with Gasteiger partial charge in [-0.15, -0.1) is 10.2 Å². The Labute approximate surface area is 286 Å². The minimum atomic E-state index is -5.10. The summed E-state index contributed by atoms with van der Waals surface area (Å²) in [4.78, 5) is 58.1. The number of halogens is 5. The van der Waals surface area contributed by atoms with Crippen molar-refractivity contribution >= 4 is 41.2 Å². The van der Waals surface area contributed by atoms with Gasteiger partial charge in [0.05, 0.1) is 11.6 Å². The lowest BCUT2D eigenvalue weighted by atomic mass is 10.2. The monoisotopic (exact) mass is 727 g/mol. The van der Waals surface area contributed by atoms with Crippen molar-refractivity contribution in [2.45, 2.75) is 64.6 Å². The summed E-state index contributed by atoms with van der Waals surface area (Å²) in [6.45, 7) is 3.20. The van der Waals surface area contributed by atoms with E-state index in [0.717, 1.165) is 9.36 Å². The average molecular weight is 729 g/mol. The first-order valence-corrected chi connectivity index (χ1v) is 15.2. The van der Waals surface area contributed by atoms with Gasteiger partial charge < -0.3 is 20.5 Å². The molecule has 20 heteroatoms. The highest BCUT2D eigenvalue weighted by Crippen LogP contribution is 2.27. The molecule has 3 N–H and O–H groups in total. The summed E-state index contributed by atoms with van der Waals surface area (Å²) in [5.41, 5.74) is 3.85. The zero-order chi connectivity index (χ0) is 36.1. The molecular weight excluding hydrogens is 698 g/mol. The number of aromatic nitrogens is 7. The number of carbonyl (C=O) groups is 3. The molecule has 1 aromatic carbocycles. The molecule has 0 unspecified atom stereocenters. The summed E-state index contributed by atoms with van der Waals surface area (Å²) in [7, 11) is 0. The van der Waals surface area contributed by atoms with Crippen molar-refractivity contribution in [1.82, 2.24) is 39.4 Å². The van der Waals surface area contributed by atoms with E-state index < -0.39 is 61.1 Å². The van der Waals surface area contributed by atoms with Crippen LogP contribution >= 0.6 is 23.2 Å². The molecule has 15 nitrogen and oxygen atoms in total. The Morgan fingerprint density at radius 1 is 1.06 bits per heavy atom. The number of pyridine rings is 1. The number of primary amides is 1. The molecule has 4 aromatic rings. The van der Waals surface area contributed by atoms with Crippen LogP contribution < -0.4 is 16.7 Å². The number of benzene rings is 1. The van der Waals surface area contributed by atoms with Crippen molar-refractivity contribution in [3.63, 3.8) is 0 Å². The van der Waals surface area contributed by atoms with Crippen LogP contribution in [0.2, 0.25) is 10.0 Å². The molecule has 49 heavy (non-hydrogen) atoms. The number of hydrogen-bond donors (Lipinski definition) is 2. The summed E-state index contributed by atoms with van der Waals surface area (Å²) < 4.78 is 54.9. The smallest absolute Gasteiger partial charge is 0.427 e. The molecule has 2 amide bonds. The quantitative estimate of drug-likeness (QED) is 0.160. The van der Waals surface area contributed by atoms with Gasteiger partial charge in [-0.3, -0.25) is 14.2 Å². The van der Waals surface area contributed by atoms with Gasteiger partial charge in [-0.2, -0.15) is 17.9 Å². The summed E-state index contributed by atoms with van der Waals surface area (Å²) >= 11 is 12.2. The molecule has 3 heterocycles. The van der Waals surface area contributed by atoms with Crippen LogP contribution in [0.4, 0.5) is 18.0 Å². The van der Waals surface area contributed by atoms with Crippen LogP contribution in [0.3, 0.4) is 0 Å². The maximum absolute atomic E-state index is 14.2. The fraction of sp³-hybridized carbons (Fsp3) is 0.379. The Morgan fingerprint density at radius 3 is 2.37 bits per heavy atom. The predicted molar refractivity (Wildman–Crippen MR) is 168 cm³/mol.